The van der Waals surface area contributed by atoms with Crippen LogP contribution >= 0.6 is 0 Å². The molecular weight excluding hydrogens is 240 g/mol. The molecule has 1 rings (SSSR count). The molecule has 0 aliphatic rings. The van der Waals surface area contributed by atoms with Crippen molar-refractivity contribution in [1.82, 2.24) is 14.1 Å². The molecule has 0 spiro atoms. The number of hydrogen-bond donors (Lipinski definition) is 1. The number of hydrogen-bond acceptors (Lipinski definition) is 4. The van der Waals surface area contributed by atoms with Crippen molar-refractivity contribution in [3.05, 3.63) is 6.20 Å². The summed E-state index contributed by atoms with van der Waals surface area (Å²) in [5, 5.41) is 3.82. The van der Waals surface area contributed by atoms with Crippen LogP contribution in [-0.4, -0.2) is 35.6 Å². The summed E-state index contributed by atoms with van der Waals surface area (Å²) in [7, 11) is -2.04. The van der Waals surface area contributed by atoms with Gasteiger partial charge in [0, 0.05) is 19.8 Å². The van der Waals surface area contributed by atoms with Crippen LogP contribution in [0.3, 0.4) is 0 Å². The van der Waals surface area contributed by atoms with E-state index in [4.69, 9.17) is 12.2 Å². The Labute approximate surface area is 101 Å². The molecule has 1 aromatic heterocycles. The first-order chi connectivity index (χ1) is 7.93. The number of aryl methyl sites for hydroxylation is 1. The highest BCUT2D eigenvalue weighted by Gasteiger charge is 2.27. The number of rotatable bonds is 5. The molecule has 0 saturated heterocycles. The van der Waals surface area contributed by atoms with Gasteiger partial charge in [0.05, 0.1) is 6.54 Å². The number of aromatic nitrogens is 2. The fraction of sp³-hybridized carbons (Fsp3) is 0.500. The summed E-state index contributed by atoms with van der Waals surface area (Å²) >= 11 is 0. The third-order valence-electron chi connectivity index (χ3n) is 2.18. The summed E-state index contributed by atoms with van der Waals surface area (Å²) in [6, 6.07) is 0. The number of sulfonamides is 1. The van der Waals surface area contributed by atoms with Crippen LogP contribution in [0, 0.1) is 12.3 Å². The van der Waals surface area contributed by atoms with E-state index in [0.29, 0.717) is 13.0 Å². The minimum atomic E-state index is -3.65. The maximum absolute atomic E-state index is 12.2. The average Bonchev–Trinajstić information content (AvgIpc) is 2.58. The van der Waals surface area contributed by atoms with E-state index in [0.717, 1.165) is 0 Å². The van der Waals surface area contributed by atoms with Crippen LogP contribution in [0.2, 0.25) is 0 Å². The summed E-state index contributed by atoms with van der Waals surface area (Å²) < 4.78 is 27.1. The van der Waals surface area contributed by atoms with Crippen molar-refractivity contribution in [3.63, 3.8) is 0 Å². The lowest BCUT2D eigenvalue weighted by Crippen LogP contribution is -2.32. The number of anilines is 1. The smallest absolute Gasteiger partial charge is 0.249 e. The highest BCUT2D eigenvalue weighted by Crippen LogP contribution is 2.20. The zero-order valence-electron chi connectivity index (χ0n) is 9.92. The quantitative estimate of drug-likeness (QED) is 0.754. The van der Waals surface area contributed by atoms with Crippen LogP contribution in [0.4, 0.5) is 5.82 Å². The number of terminal acetylenes is 1. The average molecular weight is 256 g/mol. The summed E-state index contributed by atoms with van der Waals surface area (Å²) in [5.74, 6) is 2.32. The van der Waals surface area contributed by atoms with Gasteiger partial charge in [0.15, 0.2) is 5.82 Å². The molecule has 1 heterocycles. The number of nitrogens with zero attached hydrogens (tertiary/aromatic N) is 3. The van der Waals surface area contributed by atoms with Gasteiger partial charge in [-0.15, -0.1) is 6.42 Å². The normalized spacial score (nSPS) is 11.6. The van der Waals surface area contributed by atoms with Crippen molar-refractivity contribution in [2.75, 3.05) is 18.8 Å². The molecule has 0 unspecified atom stereocenters. The van der Waals surface area contributed by atoms with E-state index >= 15 is 0 Å². The van der Waals surface area contributed by atoms with E-state index in [9.17, 15) is 8.42 Å². The van der Waals surface area contributed by atoms with E-state index in [2.05, 4.69) is 11.0 Å². The largest absolute Gasteiger partial charge is 0.381 e. The lowest BCUT2D eigenvalue weighted by atomic mass is 10.5. The summed E-state index contributed by atoms with van der Waals surface area (Å²) in [4.78, 5) is 0.00343. The van der Waals surface area contributed by atoms with Crippen LogP contribution in [0.15, 0.2) is 11.1 Å². The van der Waals surface area contributed by atoms with E-state index in [1.165, 1.54) is 15.2 Å². The molecule has 2 N–H and O–H groups in total. The van der Waals surface area contributed by atoms with Gasteiger partial charge < -0.3 is 5.73 Å². The van der Waals surface area contributed by atoms with Crippen molar-refractivity contribution < 1.29 is 8.42 Å². The lowest BCUT2D eigenvalue weighted by molar-refractivity contribution is 0.446. The lowest BCUT2D eigenvalue weighted by Gasteiger charge is -2.18. The van der Waals surface area contributed by atoms with Crippen LogP contribution in [0.5, 0.6) is 0 Å². The minimum Gasteiger partial charge on any atom is -0.381 e. The molecule has 0 atom stereocenters. The Bertz CT molecular complexity index is 527. The van der Waals surface area contributed by atoms with Gasteiger partial charge in [-0.2, -0.15) is 9.40 Å². The Kier molecular flexibility index (Phi) is 4.15. The van der Waals surface area contributed by atoms with Gasteiger partial charge in [0.2, 0.25) is 10.0 Å². The first-order valence-electron chi connectivity index (χ1n) is 5.16. The Hall–Kier alpha value is -1.52. The van der Waals surface area contributed by atoms with Gasteiger partial charge in [0.1, 0.15) is 4.90 Å². The van der Waals surface area contributed by atoms with Crippen molar-refractivity contribution in [2.24, 2.45) is 7.05 Å². The van der Waals surface area contributed by atoms with E-state index in [1.54, 1.807) is 7.05 Å². The summed E-state index contributed by atoms with van der Waals surface area (Å²) in [6.45, 7) is 2.27. The van der Waals surface area contributed by atoms with Crippen LogP contribution in [0.25, 0.3) is 0 Å². The highest BCUT2D eigenvalue weighted by atomic mass is 32.2. The van der Waals surface area contributed by atoms with Crippen molar-refractivity contribution >= 4 is 15.8 Å². The van der Waals surface area contributed by atoms with Gasteiger partial charge in [-0.05, 0) is 6.42 Å². The van der Waals surface area contributed by atoms with Gasteiger partial charge >= 0.3 is 0 Å². The topological polar surface area (TPSA) is 81.2 Å². The first kappa shape index (κ1) is 13.5. The number of nitrogen functional groups attached to an aromatic ring is 1. The van der Waals surface area contributed by atoms with Crippen LogP contribution in [0.1, 0.15) is 13.3 Å². The van der Waals surface area contributed by atoms with Crippen LogP contribution in [-0.2, 0) is 17.1 Å². The van der Waals surface area contributed by atoms with Crippen molar-refractivity contribution in [3.8, 4) is 12.3 Å². The third kappa shape index (κ3) is 2.78. The molecule has 17 heavy (non-hydrogen) atoms. The molecule has 0 aromatic carbocycles. The molecule has 0 fully saturated rings. The highest BCUT2D eigenvalue weighted by molar-refractivity contribution is 7.89. The van der Waals surface area contributed by atoms with E-state index < -0.39 is 10.0 Å². The molecule has 0 amide bonds. The molecule has 0 aliphatic carbocycles. The molecule has 94 valence electrons. The first-order valence-corrected chi connectivity index (χ1v) is 6.60. The maximum Gasteiger partial charge on any atom is 0.249 e. The van der Waals surface area contributed by atoms with E-state index in [-0.39, 0.29) is 17.3 Å². The SMILES string of the molecule is C#CCN(CCC)S(=O)(=O)c1cn(C)nc1N. The van der Waals surface area contributed by atoms with Gasteiger partial charge in [-0.3, -0.25) is 4.68 Å². The molecule has 7 heteroatoms. The van der Waals surface area contributed by atoms with Gasteiger partial charge in [-0.1, -0.05) is 12.8 Å². The molecule has 0 saturated carbocycles. The number of nitrogens with two attached hydrogens (primary N) is 1. The summed E-state index contributed by atoms with van der Waals surface area (Å²) in [6.07, 6.45) is 7.23. The van der Waals surface area contributed by atoms with Gasteiger partial charge in [-0.25, -0.2) is 8.42 Å². The monoisotopic (exact) mass is 256 g/mol. The third-order valence-corrected chi connectivity index (χ3v) is 4.04. The molecular formula is C10H16N4O2S. The Balaban J connectivity index is 3.17. The van der Waals surface area contributed by atoms with Crippen LogP contribution < -0.4 is 5.73 Å². The summed E-state index contributed by atoms with van der Waals surface area (Å²) in [5.41, 5.74) is 5.57. The minimum absolute atomic E-state index is 0.00343. The fourth-order valence-electron chi connectivity index (χ4n) is 1.46. The van der Waals surface area contributed by atoms with Crippen molar-refractivity contribution in [1.29, 1.82) is 0 Å². The predicted molar refractivity (Wildman–Crippen MR) is 65.5 cm³/mol. The molecule has 1 aromatic rings. The second-order valence-electron chi connectivity index (χ2n) is 3.59. The zero-order valence-corrected chi connectivity index (χ0v) is 10.7. The molecule has 0 bridgehead atoms. The molecule has 0 radical (unpaired) electrons. The Morgan fingerprint density at radius 3 is 2.71 bits per heavy atom. The second kappa shape index (κ2) is 5.21. The zero-order chi connectivity index (χ0) is 13.1. The maximum atomic E-state index is 12.2. The standard InChI is InChI=1S/C10H16N4O2S/c1-4-6-14(7-5-2)17(15,16)9-8-13(3)12-10(9)11/h1,8H,5-7H2,2-3H3,(H2,11,12). The van der Waals surface area contributed by atoms with Gasteiger partial charge in [0.25, 0.3) is 0 Å². The van der Waals surface area contributed by atoms with E-state index in [1.807, 2.05) is 6.92 Å². The Morgan fingerprint density at radius 1 is 1.65 bits per heavy atom. The predicted octanol–water partition coefficient (Wildman–Crippen LogP) is 0.0362. The fourth-order valence-corrected chi connectivity index (χ4v) is 2.99. The molecule has 0 aliphatic heterocycles. The van der Waals surface area contributed by atoms with Crippen molar-refractivity contribution in [2.45, 2.75) is 18.2 Å². The Morgan fingerprint density at radius 2 is 2.29 bits per heavy atom. The molecule has 6 nitrogen and oxygen atoms in total. The second-order valence-corrected chi connectivity index (χ2v) is 5.50.